The van der Waals surface area contributed by atoms with Gasteiger partial charge in [-0.3, -0.25) is 14.4 Å². The fourth-order valence-corrected chi connectivity index (χ4v) is 2.85. The van der Waals surface area contributed by atoms with Crippen LogP contribution < -0.4 is 9.64 Å². The van der Waals surface area contributed by atoms with Gasteiger partial charge in [-0.05, 0) is 47.5 Å². The van der Waals surface area contributed by atoms with Gasteiger partial charge in [-0.2, -0.15) is 5.10 Å². The zero-order valence-electron chi connectivity index (χ0n) is 13.7. The number of ether oxygens (including phenoxy) is 1. The van der Waals surface area contributed by atoms with Gasteiger partial charge >= 0.3 is 0 Å². The van der Waals surface area contributed by atoms with Gasteiger partial charge in [0, 0.05) is 25.9 Å². The summed E-state index contributed by atoms with van der Waals surface area (Å²) in [4.78, 5) is 14.4. The van der Waals surface area contributed by atoms with Gasteiger partial charge < -0.3 is 4.74 Å². The second-order valence-corrected chi connectivity index (χ2v) is 5.83. The Kier molecular flexibility index (Phi) is 3.88. The lowest BCUT2D eigenvalue weighted by Crippen LogP contribution is -2.47. The molecule has 1 amide bonds. The van der Waals surface area contributed by atoms with Crippen molar-refractivity contribution in [2.45, 2.75) is 18.9 Å². The number of hydrogen-bond donors (Lipinski definition) is 0. The first kappa shape index (κ1) is 15.3. The molecule has 9 nitrogen and oxygen atoms in total. The van der Waals surface area contributed by atoms with E-state index in [1.165, 1.54) is 6.33 Å². The van der Waals surface area contributed by atoms with Crippen molar-refractivity contribution in [2.24, 2.45) is 7.05 Å². The lowest BCUT2D eigenvalue weighted by molar-refractivity contribution is -0.127. The molecule has 128 valence electrons. The number of piperidine rings is 1. The fourth-order valence-electron chi connectivity index (χ4n) is 2.85. The number of tetrazole rings is 1. The van der Waals surface area contributed by atoms with Gasteiger partial charge in [0.25, 0.3) is 5.91 Å². The highest BCUT2D eigenvalue weighted by molar-refractivity contribution is 5.96. The number of amides is 1. The third-order valence-corrected chi connectivity index (χ3v) is 4.09. The van der Waals surface area contributed by atoms with Crippen LogP contribution in [0.1, 0.15) is 12.8 Å². The molecule has 0 N–H and O–H groups in total. The van der Waals surface area contributed by atoms with Crippen LogP contribution >= 0.6 is 0 Å². The topological polar surface area (TPSA) is 91.0 Å². The largest absolute Gasteiger partial charge is 0.481 e. The van der Waals surface area contributed by atoms with Crippen LogP contribution in [0.5, 0.6) is 5.75 Å². The molecule has 0 radical (unpaired) electrons. The van der Waals surface area contributed by atoms with Crippen molar-refractivity contribution in [3.63, 3.8) is 0 Å². The predicted molar refractivity (Wildman–Crippen MR) is 88.4 cm³/mol. The number of carbonyl (C=O) groups is 1. The summed E-state index contributed by atoms with van der Waals surface area (Å²) in [5.74, 6) is 1.24. The molecule has 0 aliphatic carbocycles. The highest BCUT2D eigenvalue weighted by Crippen LogP contribution is 2.23. The molecule has 1 unspecified atom stereocenters. The van der Waals surface area contributed by atoms with E-state index in [9.17, 15) is 4.79 Å². The maximum atomic E-state index is 12.7. The van der Waals surface area contributed by atoms with Crippen LogP contribution in [0.2, 0.25) is 0 Å². The molecule has 1 aliphatic rings. The van der Waals surface area contributed by atoms with Crippen molar-refractivity contribution in [1.29, 1.82) is 0 Å². The number of nitrogens with zero attached hydrogens (tertiary/aromatic N) is 7. The Morgan fingerprint density at radius 1 is 1.20 bits per heavy atom. The van der Waals surface area contributed by atoms with Crippen LogP contribution in [0, 0.1) is 0 Å². The minimum absolute atomic E-state index is 0.0606. The van der Waals surface area contributed by atoms with Crippen molar-refractivity contribution in [3.8, 4) is 11.4 Å². The lowest BCUT2D eigenvalue weighted by atomic mass is 10.1. The minimum Gasteiger partial charge on any atom is -0.481 e. The number of anilines is 1. The van der Waals surface area contributed by atoms with E-state index in [1.54, 1.807) is 14.3 Å². The number of aryl methyl sites for hydroxylation is 1. The van der Waals surface area contributed by atoms with Gasteiger partial charge in [-0.25, -0.2) is 4.68 Å². The Morgan fingerprint density at radius 2 is 2.04 bits per heavy atom. The van der Waals surface area contributed by atoms with E-state index < -0.39 is 6.10 Å². The summed E-state index contributed by atoms with van der Waals surface area (Å²) in [6.45, 7) is 0.661. The molecule has 3 heterocycles. The average molecular weight is 339 g/mol. The average Bonchev–Trinajstić information content (AvgIpc) is 3.29. The molecule has 0 bridgehead atoms. The fraction of sp³-hybridized carbons (Fsp3) is 0.312. The Balaban J connectivity index is 1.47. The van der Waals surface area contributed by atoms with Crippen LogP contribution in [0.4, 0.5) is 5.82 Å². The number of rotatable bonds is 4. The third kappa shape index (κ3) is 3.08. The summed E-state index contributed by atoms with van der Waals surface area (Å²) >= 11 is 0. The molecule has 1 aromatic carbocycles. The normalized spacial score (nSPS) is 17.7. The van der Waals surface area contributed by atoms with Gasteiger partial charge in [-0.1, -0.05) is 0 Å². The van der Waals surface area contributed by atoms with Gasteiger partial charge in [0.15, 0.2) is 11.9 Å². The van der Waals surface area contributed by atoms with Crippen LogP contribution in [0.25, 0.3) is 5.69 Å². The van der Waals surface area contributed by atoms with E-state index in [2.05, 4.69) is 20.6 Å². The van der Waals surface area contributed by atoms with E-state index in [0.29, 0.717) is 24.5 Å². The van der Waals surface area contributed by atoms with Gasteiger partial charge in [-0.15, -0.1) is 5.10 Å². The number of aromatic nitrogens is 6. The molecule has 1 fully saturated rings. The smallest absolute Gasteiger partial charge is 0.269 e. The zero-order chi connectivity index (χ0) is 17.2. The van der Waals surface area contributed by atoms with E-state index in [0.717, 1.165) is 12.1 Å². The second kappa shape index (κ2) is 6.34. The SMILES string of the molecule is Cn1ccc(N2CCCC(Oc3ccc(-n4cnnn4)cc3)C2=O)n1. The standard InChI is InChI=1S/C16H17N7O2/c1-21-10-8-15(18-21)22-9-2-3-14(16(22)24)25-13-6-4-12(5-7-13)23-11-17-19-20-23/h4-8,10-11,14H,2-3,9H2,1H3. The summed E-state index contributed by atoms with van der Waals surface area (Å²) in [6.07, 6.45) is 4.40. The van der Waals surface area contributed by atoms with Crippen molar-refractivity contribution in [3.05, 3.63) is 42.9 Å². The van der Waals surface area contributed by atoms with Crippen LogP contribution in [0.3, 0.4) is 0 Å². The minimum atomic E-state index is -0.505. The number of benzene rings is 1. The molecule has 3 aromatic rings. The van der Waals surface area contributed by atoms with Gasteiger partial charge in [0.2, 0.25) is 0 Å². The maximum absolute atomic E-state index is 12.7. The van der Waals surface area contributed by atoms with Gasteiger partial charge in [0.05, 0.1) is 5.69 Å². The summed E-state index contributed by atoms with van der Waals surface area (Å²) in [6, 6.07) is 9.14. The molecule has 0 spiro atoms. The molecular formula is C16H17N7O2. The Morgan fingerprint density at radius 3 is 2.72 bits per heavy atom. The molecule has 25 heavy (non-hydrogen) atoms. The first-order chi connectivity index (χ1) is 12.2. The number of carbonyl (C=O) groups excluding carboxylic acids is 1. The molecule has 9 heteroatoms. The molecule has 2 aromatic heterocycles. The van der Waals surface area contributed by atoms with E-state index in [-0.39, 0.29) is 5.91 Å². The van der Waals surface area contributed by atoms with E-state index >= 15 is 0 Å². The van der Waals surface area contributed by atoms with E-state index in [4.69, 9.17) is 4.74 Å². The first-order valence-electron chi connectivity index (χ1n) is 8.02. The molecule has 1 atom stereocenters. The molecule has 4 rings (SSSR count). The number of hydrogen-bond acceptors (Lipinski definition) is 6. The summed E-state index contributed by atoms with van der Waals surface area (Å²) in [5, 5.41) is 15.4. The van der Waals surface area contributed by atoms with Crippen molar-refractivity contribution in [1.82, 2.24) is 30.0 Å². The van der Waals surface area contributed by atoms with Gasteiger partial charge in [0.1, 0.15) is 12.1 Å². The zero-order valence-corrected chi connectivity index (χ0v) is 13.7. The van der Waals surface area contributed by atoms with Crippen LogP contribution in [-0.2, 0) is 11.8 Å². The molecular weight excluding hydrogens is 322 g/mol. The summed E-state index contributed by atoms with van der Waals surface area (Å²) in [5.41, 5.74) is 0.822. The molecule has 0 saturated carbocycles. The van der Waals surface area contributed by atoms with Crippen molar-refractivity contribution < 1.29 is 9.53 Å². The first-order valence-corrected chi connectivity index (χ1v) is 8.02. The molecule has 1 aliphatic heterocycles. The Labute approximate surface area is 143 Å². The monoisotopic (exact) mass is 339 g/mol. The quantitative estimate of drug-likeness (QED) is 0.703. The highest BCUT2D eigenvalue weighted by Gasteiger charge is 2.32. The summed E-state index contributed by atoms with van der Waals surface area (Å²) < 4.78 is 9.15. The summed E-state index contributed by atoms with van der Waals surface area (Å²) in [7, 11) is 1.83. The van der Waals surface area contributed by atoms with Crippen LogP contribution in [-0.4, -0.2) is 48.5 Å². The Bertz CT molecular complexity index is 857. The Hall–Kier alpha value is -3.23. The lowest BCUT2D eigenvalue weighted by Gasteiger charge is -2.30. The van der Waals surface area contributed by atoms with Crippen molar-refractivity contribution in [2.75, 3.05) is 11.4 Å². The second-order valence-electron chi connectivity index (χ2n) is 5.83. The predicted octanol–water partition coefficient (Wildman–Crippen LogP) is 0.970. The third-order valence-electron chi connectivity index (χ3n) is 4.09. The highest BCUT2D eigenvalue weighted by atomic mass is 16.5. The van der Waals surface area contributed by atoms with Crippen molar-refractivity contribution >= 4 is 11.7 Å². The maximum Gasteiger partial charge on any atom is 0.269 e. The molecule has 1 saturated heterocycles. The van der Waals surface area contributed by atoms with Crippen LogP contribution in [0.15, 0.2) is 42.9 Å². The van der Waals surface area contributed by atoms with E-state index in [1.807, 2.05) is 43.6 Å².